The highest BCUT2D eigenvalue weighted by atomic mass is 35.5. The van der Waals surface area contributed by atoms with Crippen molar-refractivity contribution >= 4 is 45.6 Å². The standard InChI is InChI=1S/C23H28ClN7O2/c1-15(2)13-30-9-7-17-6-5-16(11-18(17)30)12-26-23(32)33-10-4-3-8-31-14-27-19-20(25)28-22(24)29-21(19)31/h5-7,9,11,14-15H,3-4,8,10,12-13H2,1-2H3,(H,26,32)(H2,25,28,29). The number of carbonyl (C=O) groups is 1. The molecule has 3 aromatic heterocycles. The maximum Gasteiger partial charge on any atom is 0.407 e. The van der Waals surface area contributed by atoms with Crippen molar-refractivity contribution in [2.45, 2.75) is 46.3 Å². The van der Waals surface area contributed by atoms with Crippen LogP contribution in [-0.2, 0) is 24.4 Å². The molecule has 0 atom stereocenters. The molecule has 3 N–H and O–H groups in total. The van der Waals surface area contributed by atoms with Crippen LogP contribution in [0.2, 0.25) is 5.28 Å². The number of nitrogens with zero attached hydrogens (tertiary/aromatic N) is 5. The molecule has 0 saturated carbocycles. The van der Waals surface area contributed by atoms with E-state index in [0.717, 1.165) is 18.5 Å². The molecule has 10 heteroatoms. The molecule has 33 heavy (non-hydrogen) atoms. The van der Waals surface area contributed by atoms with Crippen molar-refractivity contribution in [2.75, 3.05) is 12.3 Å². The van der Waals surface area contributed by atoms with Crippen molar-refractivity contribution in [2.24, 2.45) is 5.92 Å². The fourth-order valence-corrected chi connectivity index (χ4v) is 3.94. The van der Waals surface area contributed by atoms with E-state index in [-0.39, 0.29) is 11.1 Å². The third-order valence-corrected chi connectivity index (χ3v) is 5.50. The van der Waals surface area contributed by atoms with Crippen LogP contribution in [0.25, 0.3) is 22.1 Å². The molecular weight excluding hydrogens is 442 g/mol. The van der Waals surface area contributed by atoms with E-state index >= 15 is 0 Å². The predicted molar refractivity (Wildman–Crippen MR) is 129 cm³/mol. The first-order valence-corrected chi connectivity index (χ1v) is 11.4. The molecule has 0 saturated heterocycles. The van der Waals surface area contributed by atoms with E-state index in [0.29, 0.717) is 43.2 Å². The number of nitrogen functional groups attached to an aromatic ring is 1. The number of hydrogen-bond donors (Lipinski definition) is 2. The van der Waals surface area contributed by atoms with Gasteiger partial charge < -0.3 is 24.9 Å². The number of halogens is 1. The minimum Gasteiger partial charge on any atom is -0.450 e. The molecule has 174 valence electrons. The lowest BCUT2D eigenvalue weighted by Gasteiger charge is -2.10. The molecule has 4 aromatic rings. The van der Waals surface area contributed by atoms with Gasteiger partial charge >= 0.3 is 6.09 Å². The van der Waals surface area contributed by atoms with E-state index < -0.39 is 6.09 Å². The lowest BCUT2D eigenvalue weighted by molar-refractivity contribution is 0.143. The first-order chi connectivity index (χ1) is 15.9. The number of hydrogen-bond acceptors (Lipinski definition) is 6. The van der Waals surface area contributed by atoms with Gasteiger partial charge in [-0.05, 0) is 53.4 Å². The Labute approximate surface area is 196 Å². The number of anilines is 1. The van der Waals surface area contributed by atoms with Crippen LogP contribution in [0.5, 0.6) is 0 Å². The summed E-state index contributed by atoms with van der Waals surface area (Å²) in [5.74, 6) is 0.824. The molecule has 0 bridgehead atoms. The first-order valence-electron chi connectivity index (χ1n) is 11.0. The van der Waals surface area contributed by atoms with Gasteiger partial charge in [-0.15, -0.1) is 0 Å². The smallest absolute Gasteiger partial charge is 0.407 e. The average molecular weight is 470 g/mol. The fourth-order valence-electron chi connectivity index (χ4n) is 3.77. The van der Waals surface area contributed by atoms with Crippen molar-refractivity contribution in [3.8, 4) is 0 Å². The van der Waals surface area contributed by atoms with E-state index in [1.165, 1.54) is 10.9 Å². The molecule has 0 fully saturated rings. The Balaban J connectivity index is 1.21. The maximum atomic E-state index is 12.1. The van der Waals surface area contributed by atoms with Gasteiger partial charge in [0, 0.05) is 31.3 Å². The molecule has 4 rings (SSSR count). The van der Waals surface area contributed by atoms with Gasteiger partial charge in [-0.1, -0.05) is 26.0 Å². The van der Waals surface area contributed by atoms with Crippen LogP contribution >= 0.6 is 11.6 Å². The summed E-state index contributed by atoms with van der Waals surface area (Å²) in [6.07, 6.45) is 4.83. The monoisotopic (exact) mass is 469 g/mol. The van der Waals surface area contributed by atoms with Crippen molar-refractivity contribution in [3.05, 3.63) is 47.6 Å². The molecule has 9 nitrogen and oxygen atoms in total. The Kier molecular flexibility index (Phi) is 6.98. The number of unbranched alkanes of at least 4 members (excludes halogenated alkanes) is 1. The van der Waals surface area contributed by atoms with Gasteiger partial charge in [-0.3, -0.25) is 0 Å². The second kappa shape index (κ2) is 10.1. The van der Waals surface area contributed by atoms with Crippen molar-refractivity contribution < 1.29 is 9.53 Å². The highest BCUT2D eigenvalue weighted by molar-refractivity contribution is 6.28. The van der Waals surface area contributed by atoms with Crippen LogP contribution in [0.3, 0.4) is 0 Å². The second-order valence-electron chi connectivity index (χ2n) is 8.44. The van der Waals surface area contributed by atoms with Crippen LogP contribution in [0.1, 0.15) is 32.3 Å². The third-order valence-electron chi connectivity index (χ3n) is 5.33. The van der Waals surface area contributed by atoms with Crippen molar-refractivity contribution in [3.63, 3.8) is 0 Å². The molecular formula is C23H28ClN7O2. The highest BCUT2D eigenvalue weighted by Crippen LogP contribution is 2.20. The number of nitrogens with one attached hydrogen (secondary N) is 1. The largest absolute Gasteiger partial charge is 0.450 e. The summed E-state index contributed by atoms with van der Waals surface area (Å²) in [5.41, 5.74) is 9.17. The van der Waals surface area contributed by atoms with Gasteiger partial charge in [0.05, 0.1) is 12.9 Å². The Hall–Kier alpha value is -3.33. The summed E-state index contributed by atoms with van der Waals surface area (Å²) in [4.78, 5) is 24.4. The van der Waals surface area contributed by atoms with Gasteiger partial charge in [0.1, 0.15) is 5.52 Å². The van der Waals surface area contributed by atoms with Crippen LogP contribution in [0.4, 0.5) is 10.6 Å². The van der Waals surface area contributed by atoms with Crippen LogP contribution in [0.15, 0.2) is 36.8 Å². The minimum absolute atomic E-state index is 0.0917. The van der Waals surface area contributed by atoms with E-state index in [1.807, 2.05) is 10.6 Å². The number of alkyl carbamates (subject to hydrolysis) is 1. The van der Waals surface area contributed by atoms with Gasteiger partial charge in [0.15, 0.2) is 11.5 Å². The highest BCUT2D eigenvalue weighted by Gasteiger charge is 2.10. The number of fused-ring (bicyclic) bond motifs is 2. The zero-order valence-corrected chi connectivity index (χ0v) is 19.5. The second-order valence-corrected chi connectivity index (χ2v) is 8.78. The quantitative estimate of drug-likeness (QED) is 0.278. The van der Waals surface area contributed by atoms with E-state index in [1.54, 1.807) is 6.33 Å². The van der Waals surface area contributed by atoms with E-state index in [9.17, 15) is 4.79 Å². The lowest BCUT2D eigenvalue weighted by Crippen LogP contribution is -2.24. The number of amides is 1. The Morgan fingerprint density at radius 1 is 1.21 bits per heavy atom. The van der Waals surface area contributed by atoms with E-state index in [4.69, 9.17) is 22.1 Å². The zero-order chi connectivity index (χ0) is 23.4. The molecule has 0 unspecified atom stereocenters. The van der Waals surface area contributed by atoms with Gasteiger partial charge in [0.25, 0.3) is 0 Å². The molecule has 1 aromatic carbocycles. The predicted octanol–water partition coefficient (Wildman–Crippen LogP) is 4.38. The van der Waals surface area contributed by atoms with Crippen molar-refractivity contribution in [1.82, 2.24) is 29.4 Å². The third kappa shape index (κ3) is 5.54. The molecule has 0 spiro atoms. The number of aromatic nitrogens is 5. The SMILES string of the molecule is CC(C)Cn1ccc2ccc(CNC(=O)OCCCCn3cnc4c(N)nc(Cl)nc43)cc21. The van der Waals surface area contributed by atoms with Crippen molar-refractivity contribution in [1.29, 1.82) is 0 Å². The summed E-state index contributed by atoms with van der Waals surface area (Å²) in [6.45, 7) is 6.77. The van der Waals surface area contributed by atoms with E-state index in [2.05, 4.69) is 63.1 Å². The van der Waals surface area contributed by atoms with Crippen LogP contribution < -0.4 is 11.1 Å². The summed E-state index contributed by atoms with van der Waals surface area (Å²) in [7, 11) is 0. The molecule has 0 aliphatic heterocycles. The fraction of sp³-hybridized carbons (Fsp3) is 0.391. The first kappa shape index (κ1) is 22.8. The number of rotatable bonds is 9. The number of carbonyl (C=O) groups excluding carboxylic acids is 1. The zero-order valence-electron chi connectivity index (χ0n) is 18.8. The summed E-state index contributed by atoms with van der Waals surface area (Å²) in [5, 5.41) is 4.12. The lowest BCUT2D eigenvalue weighted by atomic mass is 10.1. The van der Waals surface area contributed by atoms with Gasteiger partial charge in [0.2, 0.25) is 5.28 Å². The summed E-state index contributed by atoms with van der Waals surface area (Å²) in [6, 6.07) is 8.35. The number of benzene rings is 1. The summed E-state index contributed by atoms with van der Waals surface area (Å²) < 4.78 is 9.43. The maximum absolute atomic E-state index is 12.1. The normalized spacial score (nSPS) is 11.5. The topological polar surface area (TPSA) is 113 Å². The van der Waals surface area contributed by atoms with Gasteiger partial charge in [-0.2, -0.15) is 9.97 Å². The van der Waals surface area contributed by atoms with Crippen LogP contribution in [-0.4, -0.2) is 36.8 Å². The minimum atomic E-state index is -0.423. The summed E-state index contributed by atoms with van der Waals surface area (Å²) >= 11 is 5.89. The van der Waals surface area contributed by atoms with Gasteiger partial charge in [-0.25, -0.2) is 9.78 Å². The Morgan fingerprint density at radius 2 is 2.06 bits per heavy atom. The van der Waals surface area contributed by atoms with Crippen LogP contribution in [0, 0.1) is 5.92 Å². The molecule has 0 radical (unpaired) electrons. The molecule has 1 amide bonds. The number of nitrogens with two attached hydrogens (primary N) is 1. The molecule has 3 heterocycles. The number of ether oxygens (including phenoxy) is 1. The number of imidazole rings is 1. The molecule has 0 aliphatic rings. The molecule has 0 aliphatic carbocycles. The average Bonchev–Trinajstić information content (AvgIpc) is 3.36. The number of aryl methyl sites for hydroxylation is 1. The Bertz CT molecular complexity index is 1260. The Morgan fingerprint density at radius 3 is 2.88 bits per heavy atom.